The van der Waals surface area contributed by atoms with E-state index in [1.807, 2.05) is 24.3 Å². The minimum Gasteiger partial charge on any atom is -0.496 e. The van der Waals surface area contributed by atoms with Crippen LogP contribution in [0.2, 0.25) is 0 Å². The van der Waals surface area contributed by atoms with Gasteiger partial charge in [-0.2, -0.15) is 0 Å². The molecule has 0 aliphatic rings. The lowest BCUT2D eigenvalue weighted by atomic mass is 9.99. The Bertz CT molecular complexity index is 947. The van der Waals surface area contributed by atoms with Crippen LogP contribution in [0, 0.1) is 0 Å². The topological polar surface area (TPSA) is 81.3 Å². The first-order valence-corrected chi connectivity index (χ1v) is 6.89. The van der Waals surface area contributed by atoms with Gasteiger partial charge in [-0.15, -0.1) is 0 Å². The summed E-state index contributed by atoms with van der Waals surface area (Å²) in [5, 5.41) is 0.316. The van der Waals surface area contributed by atoms with E-state index < -0.39 is 5.97 Å². The van der Waals surface area contributed by atoms with Gasteiger partial charge in [0.1, 0.15) is 5.75 Å². The number of rotatable bonds is 3. The Labute approximate surface area is 131 Å². The maximum Gasteiger partial charge on any atom is 0.340 e. The van der Waals surface area contributed by atoms with E-state index in [1.54, 1.807) is 19.2 Å². The first kappa shape index (κ1) is 14.8. The maximum absolute atomic E-state index is 12.1. The van der Waals surface area contributed by atoms with Crippen molar-refractivity contribution in [1.82, 2.24) is 9.97 Å². The fourth-order valence-electron chi connectivity index (χ4n) is 2.48. The van der Waals surface area contributed by atoms with Crippen molar-refractivity contribution in [3.8, 4) is 16.9 Å². The average Bonchev–Trinajstić information content (AvgIpc) is 2.60. The summed E-state index contributed by atoms with van der Waals surface area (Å²) in [6, 6.07) is 10.7. The number of ether oxygens (including phenoxy) is 2. The number of H-pyrrole nitrogens is 1. The molecule has 1 N–H and O–H groups in total. The normalized spacial score (nSPS) is 10.5. The van der Waals surface area contributed by atoms with Crippen molar-refractivity contribution in [1.29, 1.82) is 0 Å². The molecular formula is C17H14N2O4. The van der Waals surface area contributed by atoms with Crippen LogP contribution in [0.1, 0.15) is 10.4 Å². The molecule has 116 valence electrons. The Kier molecular flexibility index (Phi) is 3.80. The molecule has 0 spiro atoms. The number of aromatic nitrogens is 2. The van der Waals surface area contributed by atoms with E-state index in [2.05, 4.69) is 9.97 Å². The summed E-state index contributed by atoms with van der Waals surface area (Å²) < 4.78 is 10.2. The van der Waals surface area contributed by atoms with Crippen LogP contribution in [0.15, 0.2) is 47.5 Å². The molecule has 1 aromatic heterocycles. The number of hydrogen-bond donors (Lipinski definition) is 1. The van der Waals surface area contributed by atoms with Crippen LogP contribution in [0.5, 0.6) is 5.75 Å². The number of para-hydroxylation sites is 1. The van der Waals surface area contributed by atoms with Gasteiger partial charge in [-0.3, -0.25) is 4.79 Å². The van der Waals surface area contributed by atoms with Gasteiger partial charge < -0.3 is 14.5 Å². The molecule has 3 rings (SSSR count). The molecule has 1 heterocycles. The van der Waals surface area contributed by atoms with E-state index in [4.69, 9.17) is 9.47 Å². The number of hydrogen-bond acceptors (Lipinski definition) is 5. The van der Waals surface area contributed by atoms with Crippen molar-refractivity contribution in [3.05, 3.63) is 58.6 Å². The Hall–Kier alpha value is -3.15. The summed E-state index contributed by atoms with van der Waals surface area (Å²) >= 11 is 0. The average molecular weight is 310 g/mol. The van der Waals surface area contributed by atoms with Crippen molar-refractivity contribution in [2.45, 2.75) is 0 Å². The highest BCUT2D eigenvalue weighted by atomic mass is 16.5. The SMILES string of the molecule is COC(=O)c1cc(-c2ccccc2OC)cc2c(=O)[nH]cnc12. The van der Waals surface area contributed by atoms with Gasteiger partial charge in [0.05, 0.1) is 37.0 Å². The number of aromatic amines is 1. The molecule has 0 aliphatic carbocycles. The van der Waals surface area contributed by atoms with Crippen LogP contribution < -0.4 is 10.3 Å². The fourth-order valence-corrected chi connectivity index (χ4v) is 2.48. The first-order valence-electron chi connectivity index (χ1n) is 6.89. The van der Waals surface area contributed by atoms with E-state index in [1.165, 1.54) is 13.4 Å². The number of nitrogens with zero attached hydrogens (tertiary/aromatic N) is 1. The first-order chi connectivity index (χ1) is 11.2. The third kappa shape index (κ3) is 2.55. The van der Waals surface area contributed by atoms with E-state index in [-0.39, 0.29) is 11.1 Å². The standard InChI is InChI=1S/C17H14N2O4/c1-22-14-6-4-3-5-11(14)10-7-12-15(18-9-19-16(12)20)13(8-10)17(21)23-2/h3-9H,1-2H3,(H,18,19,20). The molecule has 0 saturated carbocycles. The highest BCUT2D eigenvalue weighted by Gasteiger charge is 2.17. The second kappa shape index (κ2) is 5.92. The van der Waals surface area contributed by atoms with Crippen LogP contribution in [-0.4, -0.2) is 30.2 Å². The fraction of sp³-hybridized carbons (Fsp3) is 0.118. The third-order valence-corrected chi connectivity index (χ3v) is 3.57. The second-order valence-electron chi connectivity index (χ2n) is 4.84. The Morgan fingerprint density at radius 2 is 1.96 bits per heavy atom. The Balaban J connectivity index is 2.37. The molecular weight excluding hydrogens is 296 g/mol. The molecule has 0 unspecified atom stereocenters. The summed E-state index contributed by atoms with van der Waals surface area (Å²) in [6.45, 7) is 0. The van der Waals surface area contributed by atoms with Crippen LogP contribution in [0.4, 0.5) is 0 Å². The number of methoxy groups -OCH3 is 2. The number of benzene rings is 2. The predicted octanol–water partition coefficient (Wildman–Crippen LogP) is 2.39. The largest absolute Gasteiger partial charge is 0.496 e. The lowest BCUT2D eigenvalue weighted by Gasteiger charge is -2.11. The predicted molar refractivity (Wildman–Crippen MR) is 85.7 cm³/mol. The molecule has 0 amide bonds. The summed E-state index contributed by atoms with van der Waals surface area (Å²) in [4.78, 5) is 30.8. The number of nitrogens with one attached hydrogen (secondary N) is 1. The molecule has 23 heavy (non-hydrogen) atoms. The van der Waals surface area contributed by atoms with E-state index >= 15 is 0 Å². The molecule has 0 saturated heterocycles. The zero-order chi connectivity index (χ0) is 16.4. The van der Waals surface area contributed by atoms with Crippen LogP contribution >= 0.6 is 0 Å². The molecule has 0 radical (unpaired) electrons. The molecule has 3 aromatic rings. The zero-order valence-corrected chi connectivity index (χ0v) is 12.6. The highest BCUT2D eigenvalue weighted by molar-refractivity contribution is 6.04. The lowest BCUT2D eigenvalue weighted by molar-refractivity contribution is 0.0603. The van der Waals surface area contributed by atoms with Crippen LogP contribution in [0.3, 0.4) is 0 Å². The zero-order valence-electron chi connectivity index (χ0n) is 12.6. The number of carbonyl (C=O) groups is 1. The van der Waals surface area contributed by atoms with Crippen LogP contribution in [0.25, 0.3) is 22.0 Å². The van der Waals surface area contributed by atoms with Gasteiger partial charge in [0.2, 0.25) is 0 Å². The molecule has 2 aromatic carbocycles. The smallest absolute Gasteiger partial charge is 0.340 e. The summed E-state index contributed by atoms with van der Waals surface area (Å²) in [6.07, 6.45) is 1.26. The van der Waals surface area contributed by atoms with Crippen molar-refractivity contribution in [2.24, 2.45) is 0 Å². The van der Waals surface area contributed by atoms with Gasteiger partial charge in [-0.25, -0.2) is 9.78 Å². The highest BCUT2D eigenvalue weighted by Crippen LogP contribution is 2.32. The van der Waals surface area contributed by atoms with E-state index in [9.17, 15) is 9.59 Å². The van der Waals surface area contributed by atoms with Gasteiger partial charge in [0.25, 0.3) is 5.56 Å². The van der Waals surface area contributed by atoms with Crippen molar-refractivity contribution in [2.75, 3.05) is 14.2 Å². The molecule has 6 heteroatoms. The Morgan fingerprint density at radius 1 is 1.17 bits per heavy atom. The van der Waals surface area contributed by atoms with Gasteiger partial charge in [-0.1, -0.05) is 18.2 Å². The Morgan fingerprint density at radius 3 is 2.70 bits per heavy atom. The van der Waals surface area contributed by atoms with Gasteiger partial charge in [0.15, 0.2) is 0 Å². The van der Waals surface area contributed by atoms with Crippen molar-refractivity contribution >= 4 is 16.9 Å². The minimum absolute atomic E-state index is 0.233. The monoisotopic (exact) mass is 310 g/mol. The molecule has 0 fully saturated rings. The second-order valence-corrected chi connectivity index (χ2v) is 4.84. The quantitative estimate of drug-likeness (QED) is 0.751. The summed E-state index contributed by atoms with van der Waals surface area (Å²) in [5.74, 6) is 0.0906. The summed E-state index contributed by atoms with van der Waals surface area (Å²) in [5.41, 5.74) is 1.66. The van der Waals surface area contributed by atoms with E-state index in [0.717, 1.165) is 5.56 Å². The van der Waals surface area contributed by atoms with E-state index in [0.29, 0.717) is 22.2 Å². The molecule has 6 nitrogen and oxygen atoms in total. The van der Waals surface area contributed by atoms with Gasteiger partial charge >= 0.3 is 5.97 Å². The van der Waals surface area contributed by atoms with Crippen molar-refractivity contribution in [3.63, 3.8) is 0 Å². The molecule has 0 aliphatic heterocycles. The number of fused-ring (bicyclic) bond motifs is 1. The molecule has 0 atom stereocenters. The lowest BCUT2D eigenvalue weighted by Crippen LogP contribution is -2.11. The summed E-state index contributed by atoms with van der Waals surface area (Å²) in [7, 11) is 2.85. The van der Waals surface area contributed by atoms with Gasteiger partial charge in [0, 0.05) is 5.56 Å². The minimum atomic E-state index is -0.551. The maximum atomic E-state index is 12.1. The number of esters is 1. The molecule has 0 bridgehead atoms. The van der Waals surface area contributed by atoms with Crippen LogP contribution in [-0.2, 0) is 4.74 Å². The van der Waals surface area contributed by atoms with Gasteiger partial charge in [-0.05, 0) is 23.8 Å². The number of carbonyl (C=O) groups excluding carboxylic acids is 1. The van der Waals surface area contributed by atoms with Crippen molar-refractivity contribution < 1.29 is 14.3 Å². The third-order valence-electron chi connectivity index (χ3n) is 3.57.